The molecule has 5 nitrogen and oxygen atoms in total. The predicted molar refractivity (Wildman–Crippen MR) is 142 cm³/mol. The molecule has 178 valence electrons. The van der Waals surface area contributed by atoms with E-state index in [1.165, 1.54) is 11.8 Å². The highest BCUT2D eigenvalue weighted by Crippen LogP contribution is 2.46. The first-order chi connectivity index (χ1) is 17.0. The number of piperidine rings is 1. The zero-order valence-corrected chi connectivity index (χ0v) is 20.7. The molecule has 0 atom stereocenters. The van der Waals surface area contributed by atoms with Gasteiger partial charge in [0.15, 0.2) is 0 Å². The third-order valence-corrected chi connectivity index (χ3v) is 7.22. The summed E-state index contributed by atoms with van der Waals surface area (Å²) in [6.45, 7) is 2.93. The number of rotatable bonds is 6. The fraction of sp³-hybridized carbons (Fsp3) is 0.214. The summed E-state index contributed by atoms with van der Waals surface area (Å²) in [7, 11) is 0. The Morgan fingerprint density at radius 3 is 2.60 bits per heavy atom. The number of likely N-dealkylation sites (tertiary alicyclic amines) is 1. The maximum Gasteiger partial charge on any atom is 0.269 e. The van der Waals surface area contributed by atoms with E-state index in [0.29, 0.717) is 5.56 Å². The Hall–Kier alpha value is -3.12. The highest BCUT2D eigenvalue weighted by molar-refractivity contribution is 6.30. The van der Waals surface area contributed by atoms with Crippen LogP contribution in [0.5, 0.6) is 0 Å². The number of halogens is 2. The van der Waals surface area contributed by atoms with E-state index in [1.807, 2.05) is 30.3 Å². The van der Waals surface area contributed by atoms with Gasteiger partial charge in [-0.05, 0) is 67.4 Å². The second-order valence-electron chi connectivity index (χ2n) is 8.96. The van der Waals surface area contributed by atoms with E-state index < -0.39 is 0 Å². The first-order valence-corrected chi connectivity index (χ1v) is 12.4. The summed E-state index contributed by atoms with van der Waals surface area (Å²) in [6, 6.07) is 19.5. The van der Waals surface area contributed by atoms with E-state index in [9.17, 15) is 4.79 Å². The third kappa shape index (κ3) is 5.27. The number of hydrazine groups is 1. The number of benzene rings is 2. The van der Waals surface area contributed by atoms with Gasteiger partial charge in [-0.15, -0.1) is 0 Å². The number of aromatic nitrogens is 1. The lowest BCUT2D eigenvalue weighted by molar-refractivity contribution is 0.0942. The molecule has 0 saturated carbocycles. The molecule has 2 aliphatic rings. The van der Waals surface area contributed by atoms with E-state index in [1.54, 1.807) is 12.1 Å². The Bertz CT molecular complexity index is 1280. The van der Waals surface area contributed by atoms with Crippen molar-refractivity contribution in [3.8, 4) is 0 Å². The molecule has 5 rings (SSSR count). The second kappa shape index (κ2) is 10.2. The van der Waals surface area contributed by atoms with Crippen molar-refractivity contribution < 1.29 is 4.79 Å². The number of nitrogens with zero attached hydrogens (tertiary/aromatic N) is 2. The smallest absolute Gasteiger partial charge is 0.269 e. The molecule has 7 heteroatoms. The van der Waals surface area contributed by atoms with Gasteiger partial charge in [0.25, 0.3) is 5.91 Å². The fourth-order valence-corrected chi connectivity index (χ4v) is 5.19. The molecule has 2 N–H and O–H groups in total. The van der Waals surface area contributed by atoms with Crippen molar-refractivity contribution in [2.75, 3.05) is 19.6 Å². The van der Waals surface area contributed by atoms with Crippen molar-refractivity contribution in [2.45, 2.75) is 18.3 Å². The van der Waals surface area contributed by atoms with Gasteiger partial charge in [-0.3, -0.25) is 20.5 Å². The van der Waals surface area contributed by atoms with Crippen molar-refractivity contribution in [3.05, 3.63) is 111 Å². The molecule has 2 heterocycles. The van der Waals surface area contributed by atoms with Gasteiger partial charge in [0.1, 0.15) is 5.15 Å². The number of carbonyl (C=O) groups is 1. The molecular formula is C28H26Cl2N4O. The molecule has 1 fully saturated rings. The summed E-state index contributed by atoms with van der Waals surface area (Å²) in [5.41, 5.74) is 10.9. The number of nitrogens with one attached hydrogen (secondary N) is 2. The molecule has 0 radical (unpaired) electrons. The summed E-state index contributed by atoms with van der Waals surface area (Å²) in [5.74, 6) is -0.254. The molecule has 0 bridgehead atoms. The molecule has 1 aliphatic heterocycles. The van der Waals surface area contributed by atoms with Gasteiger partial charge in [-0.25, -0.2) is 4.98 Å². The summed E-state index contributed by atoms with van der Waals surface area (Å²) in [5, 5.41) is 1.04. The van der Waals surface area contributed by atoms with Crippen LogP contribution in [0.1, 0.15) is 39.9 Å². The Kier molecular flexibility index (Phi) is 6.91. The zero-order valence-electron chi connectivity index (χ0n) is 19.2. The SMILES string of the molecule is O=C(NNC1=CC2(CCN(CC=Cc3ccc(Cl)cc3)CC2)c2ccccc21)c1ccnc(Cl)c1. The lowest BCUT2D eigenvalue weighted by Gasteiger charge is -2.38. The molecule has 1 spiro atoms. The van der Waals surface area contributed by atoms with Gasteiger partial charge in [-0.2, -0.15) is 0 Å². The third-order valence-electron chi connectivity index (χ3n) is 6.77. The van der Waals surface area contributed by atoms with Gasteiger partial charge in [-0.1, -0.05) is 71.8 Å². The van der Waals surface area contributed by atoms with Crippen LogP contribution in [0.15, 0.2) is 79.0 Å². The molecule has 3 aromatic rings. The van der Waals surface area contributed by atoms with Crippen molar-refractivity contribution in [1.82, 2.24) is 20.7 Å². The highest BCUT2D eigenvalue weighted by Gasteiger charge is 2.40. The zero-order chi connectivity index (χ0) is 24.3. The molecule has 1 amide bonds. The highest BCUT2D eigenvalue weighted by atomic mass is 35.5. The Balaban J connectivity index is 1.24. The summed E-state index contributed by atoms with van der Waals surface area (Å²) in [4.78, 5) is 19.0. The minimum absolute atomic E-state index is 0.0278. The van der Waals surface area contributed by atoms with Gasteiger partial charge in [0.05, 0.1) is 5.70 Å². The molecule has 2 aromatic carbocycles. The van der Waals surface area contributed by atoms with Gasteiger partial charge < -0.3 is 0 Å². The van der Waals surface area contributed by atoms with E-state index in [-0.39, 0.29) is 16.5 Å². The van der Waals surface area contributed by atoms with Crippen molar-refractivity contribution in [1.29, 1.82) is 0 Å². The molecule has 35 heavy (non-hydrogen) atoms. The van der Waals surface area contributed by atoms with E-state index >= 15 is 0 Å². The Labute approximate surface area is 215 Å². The maximum atomic E-state index is 12.6. The number of hydrogen-bond donors (Lipinski definition) is 2. The standard InChI is InChI=1S/C28H26Cl2N4O/c29-22-9-7-20(8-10-22)4-3-15-34-16-12-28(13-17-34)19-25(23-5-1-2-6-24(23)28)32-33-27(35)21-11-14-31-26(30)18-21/h1-11,14,18-19,32H,12-13,15-17H2,(H,33,35). The van der Waals surface area contributed by atoms with Crippen LogP contribution >= 0.6 is 23.2 Å². The summed E-state index contributed by atoms with van der Waals surface area (Å²) in [6.07, 6.45) is 10.2. The Morgan fingerprint density at radius 1 is 1.06 bits per heavy atom. The lowest BCUT2D eigenvalue weighted by atomic mass is 9.74. The summed E-state index contributed by atoms with van der Waals surface area (Å²) < 4.78 is 0. The van der Waals surface area contributed by atoms with Crippen LogP contribution in [0, 0.1) is 0 Å². The second-order valence-corrected chi connectivity index (χ2v) is 9.78. The van der Waals surface area contributed by atoms with E-state index in [4.69, 9.17) is 23.2 Å². The number of pyridine rings is 1. The largest absolute Gasteiger partial charge is 0.300 e. The van der Waals surface area contributed by atoms with Crippen LogP contribution in [0.2, 0.25) is 10.2 Å². The minimum Gasteiger partial charge on any atom is -0.300 e. The first kappa shape index (κ1) is 23.6. The van der Waals surface area contributed by atoms with Gasteiger partial charge in [0, 0.05) is 34.3 Å². The predicted octanol–water partition coefficient (Wildman–Crippen LogP) is 5.72. The van der Waals surface area contributed by atoms with Crippen LogP contribution in [-0.4, -0.2) is 35.4 Å². The molecular weight excluding hydrogens is 479 g/mol. The molecule has 1 saturated heterocycles. The number of carbonyl (C=O) groups excluding carboxylic acids is 1. The van der Waals surface area contributed by atoms with Crippen LogP contribution in [0.3, 0.4) is 0 Å². The quantitative estimate of drug-likeness (QED) is 0.332. The van der Waals surface area contributed by atoms with Crippen molar-refractivity contribution >= 4 is 40.9 Å². The number of amides is 1. The van der Waals surface area contributed by atoms with E-state index in [0.717, 1.165) is 54.3 Å². The normalized spacial score (nSPS) is 16.8. The summed E-state index contributed by atoms with van der Waals surface area (Å²) >= 11 is 11.9. The number of hydrogen-bond acceptors (Lipinski definition) is 4. The monoisotopic (exact) mass is 504 g/mol. The molecule has 1 aromatic heterocycles. The average Bonchev–Trinajstić information content (AvgIpc) is 3.18. The van der Waals surface area contributed by atoms with Crippen molar-refractivity contribution in [3.63, 3.8) is 0 Å². The van der Waals surface area contributed by atoms with Gasteiger partial charge >= 0.3 is 0 Å². The van der Waals surface area contributed by atoms with Crippen molar-refractivity contribution in [2.24, 2.45) is 0 Å². The first-order valence-electron chi connectivity index (χ1n) is 11.7. The molecule has 1 aliphatic carbocycles. The van der Waals surface area contributed by atoms with Crippen LogP contribution in [0.4, 0.5) is 0 Å². The van der Waals surface area contributed by atoms with Crippen LogP contribution < -0.4 is 10.9 Å². The van der Waals surface area contributed by atoms with E-state index in [2.05, 4.69) is 57.2 Å². The van der Waals surface area contributed by atoms with Crippen LogP contribution in [0.25, 0.3) is 11.8 Å². The Morgan fingerprint density at radius 2 is 1.83 bits per heavy atom. The topological polar surface area (TPSA) is 57.3 Å². The maximum absolute atomic E-state index is 12.6. The minimum atomic E-state index is -0.254. The number of fused-ring (bicyclic) bond motifs is 2. The lowest BCUT2D eigenvalue weighted by Crippen LogP contribution is -2.41. The van der Waals surface area contributed by atoms with Gasteiger partial charge in [0.2, 0.25) is 0 Å². The average molecular weight is 505 g/mol. The van der Waals surface area contributed by atoms with Crippen LogP contribution in [-0.2, 0) is 5.41 Å². The fourth-order valence-electron chi connectivity index (χ4n) is 4.89. The molecule has 0 unspecified atom stereocenters. The number of allylic oxidation sites excluding steroid dienone is 1.